The summed E-state index contributed by atoms with van der Waals surface area (Å²) in [5, 5.41) is 9.70. The maximum atomic E-state index is 12.9. The van der Waals surface area contributed by atoms with Crippen LogP contribution in [0.4, 0.5) is 8.78 Å². The van der Waals surface area contributed by atoms with E-state index in [0.717, 1.165) is 10.1 Å². The third-order valence-electron chi connectivity index (χ3n) is 3.43. The first-order valence-electron chi connectivity index (χ1n) is 7.22. The maximum Gasteiger partial charge on any atom is 0.319 e. The second-order valence-electron chi connectivity index (χ2n) is 4.87. The average molecular weight is 370 g/mol. The van der Waals surface area contributed by atoms with Gasteiger partial charge in [-0.2, -0.15) is 8.78 Å². The quantitative estimate of drug-likeness (QED) is 0.600. The third-order valence-corrected chi connectivity index (χ3v) is 4.64. The van der Waals surface area contributed by atoms with E-state index in [1.165, 1.54) is 24.2 Å². The second kappa shape index (κ2) is 7.31. The molecular formula is C15H14ClF2N5S. The maximum absolute atomic E-state index is 12.9. The van der Waals surface area contributed by atoms with E-state index in [1.54, 1.807) is 12.1 Å². The van der Waals surface area contributed by atoms with Crippen LogP contribution in [0.2, 0.25) is 5.02 Å². The number of hydrogen-bond donors (Lipinski definition) is 0. The fraction of sp³-hybridized carbons (Fsp3) is 0.267. The van der Waals surface area contributed by atoms with E-state index in [4.69, 9.17) is 11.6 Å². The van der Waals surface area contributed by atoms with Crippen LogP contribution in [0.1, 0.15) is 19.3 Å². The van der Waals surface area contributed by atoms with Gasteiger partial charge >= 0.3 is 6.55 Å². The van der Waals surface area contributed by atoms with Gasteiger partial charge in [0.05, 0.1) is 5.75 Å². The lowest BCUT2D eigenvalue weighted by Crippen LogP contribution is -2.03. The number of halogens is 3. The number of hydrogen-bond acceptors (Lipinski definition) is 4. The third kappa shape index (κ3) is 3.44. The lowest BCUT2D eigenvalue weighted by molar-refractivity contribution is 0.0678. The molecule has 3 aromatic rings. The Morgan fingerprint density at radius 1 is 1.21 bits per heavy atom. The first kappa shape index (κ1) is 16.9. The minimum absolute atomic E-state index is 0.288. The number of benzene rings is 1. The SMILES string of the molecule is CCn1c(SCc2nccn2C(F)F)nnc1-c1ccc(Cl)cc1. The van der Waals surface area contributed by atoms with Gasteiger partial charge in [-0.05, 0) is 31.2 Å². The Labute approximate surface area is 146 Å². The number of alkyl halides is 2. The van der Waals surface area contributed by atoms with Crippen LogP contribution in [0, 0.1) is 0 Å². The Bertz CT molecular complexity index is 816. The average Bonchev–Trinajstić information content (AvgIpc) is 3.20. The first-order valence-corrected chi connectivity index (χ1v) is 8.58. The molecule has 2 heterocycles. The van der Waals surface area contributed by atoms with Crippen LogP contribution in [0.15, 0.2) is 41.8 Å². The minimum atomic E-state index is -2.60. The van der Waals surface area contributed by atoms with Gasteiger partial charge in [0.25, 0.3) is 0 Å². The smallest absolute Gasteiger partial charge is 0.302 e. The van der Waals surface area contributed by atoms with Crippen LogP contribution in [0.5, 0.6) is 0 Å². The summed E-state index contributed by atoms with van der Waals surface area (Å²) in [7, 11) is 0. The molecule has 0 bridgehead atoms. The zero-order valence-electron chi connectivity index (χ0n) is 12.7. The van der Waals surface area contributed by atoms with Crippen LogP contribution in [-0.4, -0.2) is 24.3 Å². The molecule has 0 N–H and O–H groups in total. The zero-order chi connectivity index (χ0) is 17.1. The summed E-state index contributed by atoms with van der Waals surface area (Å²) < 4.78 is 28.5. The van der Waals surface area contributed by atoms with Crippen molar-refractivity contribution in [2.75, 3.05) is 0 Å². The van der Waals surface area contributed by atoms with Crippen molar-refractivity contribution in [2.24, 2.45) is 0 Å². The highest BCUT2D eigenvalue weighted by molar-refractivity contribution is 7.98. The minimum Gasteiger partial charge on any atom is -0.302 e. The van der Waals surface area contributed by atoms with E-state index < -0.39 is 6.55 Å². The van der Waals surface area contributed by atoms with Crippen LogP contribution in [-0.2, 0) is 12.3 Å². The number of rotatable bonds is 6. The Hall–Kier alpha value is -1.93. The molecule has 3 rings (SSSR count). The van der Waals surface area contributed by atoms with Gasteiger partial charge in [-0.25, -0.2) is 4.98 Å². The van der Waals surface area contributed by atoms with E-state index in [9.17, 15) is 8.78 Å². The predicted molar refractivity (Wildman–Crippen MR) is 89.2 cm³/mol. The molecule has 0 radical (unpaired) electrons. The molecule has 0 spiro atoms. The second-order valence-corrected chi connectivity index (χ2v) is 6.25. The first-order chi connectivity index (χ1) is 11.6. The Morgan fingerprint density at radius 3 is 2.62 bits per heavy atom. The number of aromatic nitrogens is 5. The molecule has 2 aromatic heterocycles. The van der Waals surface area contributed by atoms with Crippen LogP contribution >= 0.6 is 23.4 Å². The highest BCUT2D eigenvalue weighted by atomic mass is 35.5. The zero-order valence-corrected chi connectivity index (χ0v) is 14.3. The molecule has 0 amide bonds. The van der Waals surface area contributed by atoms with Crippen molar-refractivity contribution in [1.29, 1.82) is 0 Å². The van der Waals surface area contributed by atoms with Crippen molar-refractivity contribution in [3.63, 3.8) is 0 Å². The molecule has 0 saturated carbocycles. The molecule has 9 heteroatoms. The summed E-state index contributed by atoms with van der Waals surface area (Å²) in [5.74, 6) is 1.30. The molecule has 5 nitrogen and oxygen atoms in total. The fourth-order valence-electron chi connectivity index (χ4n) is 2.26. The number of imidazole rings is 1. The van der Waals surface area contributed by atoms with Crippen molar-refractivity contribution in [3.05, 3.63) is 47.5 Å². The summed E-state index contributed by atoms with van der Waals surface area (Å²) in [5.41, 5.74) is 0.898. The molecule has 1 aromatic carbocycles. The summed E-state index contributed by atoms with van der Waals surface area (Å²) in [4.78, 5) is 3.97. The molecule has 0 unspecified atom stereocenters. The van der Waals surface area contributed by atoms with E-state index in [2.05, 4.69) is 15.2 Å². The lowest BCUT2D eigenvalue weighted by Gasteiger charge is -2.08. The highest BCUT2D eigenvalue weighted by Crippen LogP contribution is 2.27. The molecule has 0 aliphatic rings. The summed E-state index contributed by atoms with van der Waals surface area (Å²) in [6, 6.07) is 7.32. The predicted octanol–water partition coefficient (Wildman–Crippen LogP) is 4.50. The van der Waals surface area contributed by atoms with E-state index in [-0.39, 0.29) is 5.75 Å². The molecular weight excluding hydrogens is 356 g/mol. The van der Waals surface area contributed by atoms with E-state index >= 15 is 0 Å². The van der Waals surface area contributed by atoms with Gasteiger partial charge in [-0.1, -0.05) is 23.4 Å². The molecule has 0 aliphatic heterocycles. The molecule has 0 saturated heterocycles. The van der Waals surface area contributed by atoms with Gasteiger partial charge in [0.1, 0.15) is 5.82 Å². The van der Waals surface area contributed by atoms with Crippen molar-refractivity contribution in [1.82, 2.24) is 24.3 Å². The summed E-state index contributed by atoms with van der Waals surface area (Å²) in [6.45, 7) is 0.0422. The fourth-order valence-corrected chi connectivity index (χ4v) is 3.33. The molecule has 0 fully saturated rings. The van der Waals surface area contributed by atoms with Gasteiger partial charge in [0.15, 0.2) is 11.0 Å². The van der Waals surface area contributed by atoms with Crippen molar-refractivity contribution in [3.8, 4) is 11.4 Å². The Balaban J connectivity index is 1.82. The molecule has 126 valence electrons. The molecule has 24 heavy (non-hydrogen) atoms. The lowest BCUT2D eigenvalue weighted by atomic mass is 10.2. The Kier molecular flexibility index (Phi) is 5.15. The highest BCUT2D eigenvalue weighted by Gasteiger charge is 2.16. The Morgan fingerprint density at radius 2 is 1.96 bits per heavy atom. The van der Waals surface area contributed by atoms with Gasteiger partial charge in [0, 0.05) is 29.5 Å². The monoisotopic (exact) mass is 369 g/mol. The van der Waals surface area contributed by atoms with Crippen LogP contribution in [0.25, 0.3) is 11.4 Å². The van der Waals surface area contributed by atoms with Gasteiger partial charge in [-0.3, -0.25) is 4.57 Å². The topological polar surface area (TPSA) is 48.5 Å². The van der Waals surface area contributed by atoms with Gasteiger partial charge < -0.3 is 4.57 Å². The van der Waals surface area contributed by atoms with E-state index in [1.807, 2.05) is 23.6 Å². The number of thioether (sulfide) groups is 1. The summed E-state index contributed by atoms with van der Waals surface area (Å²) in [6.07, 6.45) is 2.63. The van der Waals surface area contributed by atoms with Crippen LogP contribution in [0.3, 0.4) is 0 Å². The standard InChI is InChI=1S/C15H14ClF2N5S/c1-2-22-13(10-3-5-11(16)6-4-10)20-21-15(22)24-9-12-19-7-8-23(12)14(17)18/h3-8,14H,2,9H2,1H3. The summed E-state index contributed by atoms with van der Waals surface area (Å²) >= 11 is 7.23. The van der Waals surface area contributed by atoms with Crippen molar-refractivity contribution in [2.45, 2.75) is 30.9 Å². The van der Waals surface area contributed by atoms with Crippen LogP contribution < -0.4 is 0 Å². The van der Waals surface area contributed by atoms with Crippen molar-refractivity contribution >= 4 is 23.4 Å². The largest absolute Gasteiger partial charge is 0.319 e. The van der Waals surface area contributed by atoms with Crippen molar-refractivity contribution < 1.29 is 8.78 Å². The molecule has 0 atom stereocenters. The normalized spacial score (nSPS) is 11.4. The number of nitrogens with zero attached hydrogens (tertiary/aromatic N) is 5. The molecule has 0 aliphatic carbocycles. The van der Waals surface area contributed by atoms with Gasteiger partial charge in [-0.15, -0.1) is 10.2 Å². The van der Waals surface area contributed by atoms with E-state index in [0.29, 0.717) is 28.4 Å². The van der Waals surface area contributed by atoms with Gasteiger partial charge in [0.2, 0.25) is 0 Å².